The van der Waals surface area contributed by atoms with Gasteiger partial charge in [0.05, 0.1) is 0 Å². The number of rotatable bonds is 1. The molecule has 1 aromatic heterocycles. The Bertz CT molecular complexity index is 474. The van der Waals surface area contributed by atoms with E-state index in [1.807, 2.05) is 0 Å². The Morgan fingerprint density at radius 3 is 2.67 bits per heavy atom. The molecule has 62 valence electrons. The molecule has 2 rings (SSSR count). The number of para-hydroxylation sites is 1. The molecule has 0 radical (unpaired) electrons. The molecule has 0 aliphatic carbocycles. The Labute approximate surface area is 70.6 Å². The van der Waals surface area contributed by atoms with Crippen molar-refractivity contribution in [3.63, 3.8) is 0 Å². The summed E-state index contributed by atoms with van der Waals surface area (Å²) in [6.07, 6.45) is 1.26. The number of furan rings is 1. The first-order chi connectivity index (χ1) is 5.79. The van der Waals surface area contributed by atoms with Crippen LogP contribution < -0.4 is 0 Å². The topological polar surface area (TPSA) is 47.3 Å². The average molecular weight is 182 g/mol. The lowest BCUT2D eigenvalue weighted by Crippen LogP contribution is -1.74. The second-order valence-electron chi connectivity index (χ2n) is 2.37. The largest absolute Gasteiger partial charge is 0.463 e. The van der Waals surface area contributed by atoms with Crippen LogP contribution in [-0.2, 0) is 10.7 Å². The molecule has 0 atom stereocenters. The van der Waals surface area contributed by atoms with E-state index in [2.05, 4.69) is 0 Å². The first kappa shape index (κ1) is 7.36. The first-order valence-electron chi connectivity index (χ1n) is 3.39. The van der Waals surface area contributed by atoms with Gasteiger partial charge >= 0.3 is 0 Å². The molecule has 0 N–H and O–H groups in total. The van der Waals surface area contributed by atoms with Crippen LogP contribution >= 0.6 is 0 Å². The van der Waals surface area contributed by atoms with Gasteiger partial charge in [0, 0.05) is 5.39 Å². The summed E-state index contributed by atoms with van der Waals surface area (Å²) in [6.45, 7) is 0. The van der Waals surface area contributed by atoms with E-state index in [1.165, 1.54) is 6.26 Å². The fraction of sp³-hybridized carbons (Fsp3) is 0. The zero-order chi connectivity index (χ0) is 8.55. The van der Waals surface area contributed by atoms with Crippen LogP contribution in [-0.4, -0.2) is 8.42 Å². The van der Waals surface area contributed by atoms with Gasteiger partial charge in [-0.2, -0.15) is 0 Å². The third-order valence-electron chi connectivity index (χ3n) is 1.66. The summed E-state index contributed by atoms with van der Waals surface area (Å²) in [5.74, 6) is 0. The molecule has 2 aromatic rings. The maximum absolute atomic E-state index is 10.7. The molecule has 0 unspecified atom stereocenters. The van der Waals surface area contributed by atoms with Crippen LogP contribution in [0.2, 0.25) is 0 Å². The van der Waals surface area contributed by atoms with E-state index in [-0.39, 0.29) is 4.90 Å². The van der Waals surface area contributed by atoms with Gasteiger partial charge in [0.1, 0.15) is 16.7 Å². The summed E-state index contributed by atoms with van der Waals surface area (Å²) in [5.41, 5.74) is 0.603. The van der Waals surface area contributed by atoms with Gasteiger partial charge in [0.15, 0.2) is 10.7 Å². The average Bonchev–Trinajstić information content (AvgIpc) is 2.47. The molecule has 1 heterocycles. The molecule has 1 aromatic carbocycles. The summed E-state index contributed by atoms with van der Waals surface area (Å²) in [5, 5.41) is 0.647. The Hall–Kier alpha value is -1.29. The molecule has 0 saturated carbocycles. The molecule has 0 fully saturated rings. The Kier molecular flexibility index (Phi) is 1.62. The number of fused-ring (bicyclic) bond motifs is 1. The van der Waals surface area contributed by atoms with Crippen molar-refractivity contribution in [3.8, 4) is 0 Å². The van der Waals surface area contributed by atoms with Crippen molar-refractivity contribution in [1.29, 1.82) is 0 Å². The smallest absolute Gasteiger partial charge is 0.172 e. The monoisotopic (exact) mass is 182 g/mol. The van der Waals surface area contributed by atoms with Gasteiger partial charge < -0.3 is 4.42 Å². The molecule has 4 heteroatoms. The molecule has 0 spiro atoms. The quantitative estimate of drug-likeness (QED) is 0.678. The summed E-state index contributed by atoms with van der Waals surface area (Å²) in [6, 6.07) is 7.03. The number of benzene rings is 1. The highest BCUT2D eigenvalue weighted by atomic mass is 32.2. The summed E-state index contributed by atoms with van der Waals surface area (Å²) < 4.78 is 26.3. The number of thiol groups is 1. The van der Waals surface area contributed by atoms with E-state index in [1.54, 1.807) is 24.3 Å². The molecule has 0 aliphatic heterocycles. The second-order valence-corrected chi connectivity index (χ2v) is 3.37. The molecular formula is C8H6O3S. The fourth-order valence-corrected chi connectivity index (χ4v) is 1.63. The molecule has 0 saturated heterocycles. The minimum atomic E-state index is -2.55. The summed E-state index contributed by atoms with van der Waals surface area (Å²) >= 11 is 0. The van der Waals surface area contributed by atoms with Crippen LogP contribution in [0.4, 0.5) is 0 Å². The van der Waals surface area contributed by atoms with Crippen molar-refractivity contribution in [2.45, 2.75) is 4.90 Å². The van der Waals surface area contributed by atoms with Crippen LogP contribution in [0.1, 0.15) is 0 Å². The van der Waals surface area contributed by atoms with Crippen molar-refractivity contribution in [1.82, 2.24) is 0 Å². The van der Waals surface area contributed by atoms with Crippen LogP contribution in [0.5, 0.6) is 0 Å². The first-order valence-corrected chi connectivity index (χ1v) is 4.57. The van der Waals surface area contributed by atoms with Gasteiger partial charge in [-0.05, 0) is 12.1 Å². The highest BCUT2D eigenvalue weighted by molar-refractivity contribution is 7.72. The molecule has 3 nitrogen and oxygen atoms in total. The van der Waals surface area contributed by atoms with Crippen LogP contribution in [0.3, 0.4) is 0 Å². The molecule has 12 heavy (non-hydrogen) atoms. The van der Waals surface area contributed by atoms with Crippen LogP contribution in [0.15, 0.2) is 39.8 Å². The van der Waals surface area contributed by atoms with Crippen LogP contribution in [0, 0.1) is 0 Å². The summed E-state index contributed by atoms with van der Waals surface area (Å²) in [7, 11) is -2.55. The van der Waals surface area contributed by atoms with Gasteiger partial charge in [-0.15, -0.1) is 0 Å². The Morgan fingerprint density at radius 2 is 1.92 bits per heavy atom. The standard InChI is InChI=1S/C8H6O3S/c9-12(10)8-5-11-7-4-2-1-3-6(7)8/h1-5,12H. The highest BCUT2D eigenvalue weighted by Gasteiger charge is 2.05. The van der Waals surface area contributed by atoms with Gasteiger partial charge in [0.25, 0.3) is 0 Å². The van der Waals surface area contributed by atoms with Gasteiger partial charge in [-0.25, -0.2) is 8.42 Å². The van der Waals surface area contributed by atoms with Crippen molar-refractivity contribution < 1.29 is 12.8 Å². The zero-order valence-electron chi connectivity index (χ0n) is 6.06. The highest BCUT2D eigenvalue weighted by Crippen LogP contribution is 2.21. The third-order valence-corrected chi connectivity index (χ3v) is 2.40. The van der Waals surface area contributed by atoms with E-state index in [0.29, 0.717) is 11.0 Å². The van der Waals surface area contributed by atoms with Crippen molar-refractivity contribution in [3.05, 3.63) is 30.5 Å². The minimum absolute atomic E-state index is 0.251. The third kappa shape index (κ3) is 1.00. The zero-order valence-corrected chi connectivity index (χ0v) is 6.95. The van der Waals surface area contributed by atoms with Gasteiger partial charge in [-0.1, -0.05) is 12.1 Å². The molecular weight excluding hydrogens is 176 g/mol. The predicted molar refractivity (Wildman–Crippen MR) is 44.8 cm³/mol. The van der Waals surface area contributed by atoms with E-state index in [9.17, 15) is 8.42 Å². The fourth-order valence-electron chi connectivity index (χ4n) is 1.11. The van der Waals surface area contributed by atoms with Crippen LogP contribution in [0.25, 0.3) is 11.0 Å². The van der Waals surface area contributed by atoms with Crippen molar-refractivity contribution in [2.24, 2.45) is 0 Å². The van der Waals surface area contributed by atoms with Crippen molar-refractivity contribution in [2.75, 3.05) is 0 Å². The lowest BCUT2D eigenvalue weighted by molar-refractivity contribution is 0.595. The number of hydrogen-bond acceptors (Lipinski definition) is 3. The van der Waals surface area contributed by atoms with Crippen molar-refractivity contribution >= 4 is 21.7 Å². The maximum Gasteiger partial charge on any atom is 0.172 e. The predicted octanol–water partition coefficient (Wildman–Crippen LogP) is 1.40. The molecule has 0 bridgehead atoms. The lowest BCUT2D eigenvalue weighted by Gasteiger charge is -1.84. The molecule has 0 amide bonds. The van der Waals surface area contributed by atoms with Gasteiger partial charge in [-0.3, -0.25) is 0 Å². The van der Waals surface area contributed by atoms with Gasteiger partial charge in [0.2, 0.25) is 0 Å². The van der Waals surface area contributed by atoms with E-state index in [0.717, 1.165) is 0 Å². The molecule has 0 aliphatic rings. The summed E-state index contributed by atoms with van der Waals surface area (Å²) in [4.78, 5) is 0.251. The number of hydrogen-bond donors (Lipinski definition) is 1. The normalized spacial score (nSPS) is 11.1. The van der Waals surface area contributed by atoms with E-state index in [4.69, 9.17) is 4.42 Å². The lowest BCUT2D eigenvalue weighted by atomic mass is 10.3. The van der Waals surface area contributed by atoms with E-state index >= 15 is 0 Å². The SMILES string of the molecule is O=[SH](=O)c1coc2ccccc12. The van der Waals surface area contributed by atoms with E-state index < -0.39 is 10.7 Å². The minimum Gasteiger partial charge on any atom is -0.463 e. The maximum atomic E-state index is 10.7. The Balaban J connectivity index is 2.87. The second kappa shape index (κ2) is 2.64. The Morgan fingerprint density at radius 1 is 1.17 bits per heavy atom.